The van der Waals surface area contributed by atoms with Crippen LogP contribution >= 0.6 is 11.3 Å². The van der Waals surface area contributed by atoms with Crippen molar-refractivity contribution in [1.82, 2.24) is 15.2 Å². The Morgan fingerprint density at radius 1 is 1.48 bits per heavy atom. The summed E-state index contributed by atoms with van der Waals surface area (Å²) in [6.45, 7) is 8.69. The predicted molar refractivity (Wildman–Crippen MR) is 93.5 cm³/mol. The molecule has 5 nitrogen and oxygen atoms in total. The second kappa shape index (κ2) is 8.11. The molecule has 2 rings (SSSR count). The maximum atomic E-state index is 12.3. The first kappa shape index (κ1) is 18.2. The fourth-order valence-corrected chi connectivity index (χ4v) is 4.03. The lowest BCUT2D eigenvalue weighted by atomic mass is 9.77. The maximum absolute atomic E-state index is 12.3. The molecule has 1 fully saturated rings. The Morgan fingerprint density at radius 3 is 2.74 bits per heavy atom. The maximum Gasteiger partial charge on any atom is 0.317 e. The van der Waals surface area contributed by atoms with Crippen LogP contribution in [0.5, 0.6) is 0 Å². The molecule has 1 saturated heterocycles. The third kappa shape index (κ3) is 4.91. The number of amides is 2. The van der Waals surface area contributed by atoms with Crippen LogP contribution in [0, 0.1) is 11.3 Å². The molecule has 0 spiro atoms. The van der Waals surface area contributed by atoms with Gasteiger partial charge in [0.1, 0.15) is 0 Å². The van der Waals surface area contributed by atoms with Crippen LogP contribution in [-0.2, 0) is 13.0 Å². The molecule has 1 aliphatic rings. The van der Waals surface area contributed by atoms with E-state index in [1.807, 2.05) is 11.1 Å². The molecule has 0 saturated carbocycles. The molecule has 2 heterocycles. The lowest BCUT2D eigenvalue weighted by Crippen LogP contribution is -2.48. The van der Waals surface area contributed by atoms with Crippen LogP contribution in [0.3, 0.4) is 0 Å². The van der Waals surface area contributed by atoms with Crippen LogP contribution < -0.4 is 5.32 Å². The third-order valence-corrected chi connectivity index (χ3v) is 5.81. The zero-order valence-corrected chi connectivity index (χ0v) is 15.3. The highest BCUT2D eigenvalue weighted by Gasteiger charge is 2.33. The standard InChI is InChI=1S/C17H29N3O2S/c1-4-17(12-21)5-7-20(8-6-17)16(22)19-11-14-10-18-15(23-14)9-13(2)3/h10,13,21H,4-9,11-12H2,1-3H3,(H,19,22). The molecule has 0 atom stereocenters. The minimum absolute atomic E-state index is 0.00791. The van der Waals surface area contributed by atoms with Gasteiger partial charge < -0.3 is 15.3 Å². The van der Waals surface area contributed by atoms with E-state index in [-0.39, 0.29) is 18.1 Å². The quantitative estimate of drug-likeness (QED) is 0.837. The van der Waals surface area contributed by atoms with Gasteiger partial charge in [-0.15, -0.1) is 11.3 Å². The van der Waals surface area contributed by atoms with Gasteiger partial charge in [-0.05, 0) is 30.6 Å². The van der Waals surface area contributed by atoms with E-state index in [0.29, 0.717) is 12.5 Å². The first-order valence-corrected chi connectivity index (χ1v) is 9.37. The van der Waals surface area contributed by atoms with Crippen LogP contribution in [0.1, 0.15) is 49.9 Å². The molecule has 1 aromatic rings. The normalized spacial score (nSPS) is 17.5. The van der Waals surface area contributed by atoms with E-state index in [1.54, 1.807) is 11.3 Å². The molecular formula is C17H29N3O2S. The van der Waals surface area contributed by atoms with Gasteiger partial charge in [0.25, 0.3) is 0 Å². The lowest BCUT2D eigenvalue weighted by molar-refractivity contribution is 0.0519. The van der Waals surface area contributed by atoms with Crippen LogP contribution in [0.15, 0.2) is 6.20 Å². The molecule has 2 N–H and O–H groups in total. The largest absolute Gasteiger partial charge is 0.396 e. The number of piperidine rings is 1. The van der Waals surface area contributed by atoms with Gasteiger partial charge in [0.2, 0.25) is 0 Å². The Bertz CT molecular complexity index is 502. The second-order valence-electron chi connectivity index (χ2n) is 6.98. The Balaban J connectivity index is 1.78. The highest BCUT2D eigenvalue weighted by Crippen LogP contribution is 2.34. The van der Waals surface area contributed by atoms with Crippen molar-refractivity contribution >= 4 is 17.4 Å². The lowest BCUT2D eigenvalue weighted by Gasteiger charge is -2.40. The second-order valence-corrected chi connectivity index (χ2v) is 8.18. The number of urea groups is 1. The number of aliphatic hydroxyl groups is 1. The molecule has 130 valence electrons. The highest BCUT2D eigenvalue weighted by atomic mass is 32.1. The van der Waals surface area contributed by atoms with Crippen LogP contribution in [0.2, 0.25) is 0 Å². The molecule has 0 unspecified atom stereocenters. The molecule has 0 bridgehead atoms. The Kier molecular flexibility index (Phi) is 6.41. The van der Waals surface area contributed by atoms with Gasteiger partial charge in [-0.1, -0.05) is 20.8 Å². The molecule has 0 radical (unpaired) electrons. The number of carbonyl (C=O) groups excluding carboxylic acids is 1. The molecule has 0 aromatic carbocycles. The molecule has 1 aromatic heterocycles. The number of nitrogens with one attached hydrogen (secondary N) is 1. The summed E-state index contributed by atoms with van der Waals surface area (Å²) in [4.78, 5) is 19.7. The number of nitrogens with zero attached hydrogens (tertiary/aromatic N) is 2. The number of likely N-dealkylation sites (tertiary alicyclic amines) is 1. The predicted octanol–water partition coefficient (Wildman–Crippen LogP) is 3.04. The molecular weight excluding hydrogens is 310 g/mol. The van der Waals surface area contributed by atoms with Crippen molar-refractivity contribution in [1.29, 1.82) is 0 Å². The first-order valence-electron chi connectivity index (χ1n) is 8.55. The number of aliphatic hydroxyl groups excluding tert-OH is 1. The van der Waals surface area contributed by atoms with E-state index in [0.717, 1.165) is 48.7 Å². The van der Waals surface area contributed by atoms with E-state index in [2.05, 4.69) is 31.1 Å². The van der Waals surface area contributed by atoms with Crippen LogP contribution in [0.4, 0.5) is 4.79 Å². The van der Waals surface area contributed by atoms with Gasteiger partial charge in [0.05, 0.1) is 11.6 Å². The van der Waals surface area contributed by atoms with Gasteiger partial charge in [0.15, 0.2) is 0 Å². The molecule has 0 aliphatic carbocycles. The van der Waals surface area contributed by atoms with Crippen LogP contribution in [0.25, 0.3) is 0 Å². The fraction of sp³-hybridized carbons (Fsp3) is 0.765. The van der Waals surface area contributed by atoms with Crippen molar-refractivity contribution in [3.8, 4) is 0 Å². The topological polar surface area (TPSA) is 65.5 Å². The number of rotatable bonds is 6. The minimum atomic E-state index is -0.00791. The van der Waals surface area contributed by atoms with E-state index in [9.17, 15) is 9.90 Å². The number of hydrogen-bond acceptors (Lipinski definition) is 4. The Morgan fingerprint density at radius 2 is 2.17 bits per heavy atom. The summed E-state index contributed by atoms with van der Waals surface area (Å²) in [5.41, 5.74) is 0.0141. The minimum Gasteiger partial charge on any atom is -0.396 e. The number of carbonyl (C=O) groups is 1. The van der Waals surface area contributed by atoms with Gasteiger partial charge in [-0.25, -0.2) is 9.78 Å². The van der Waals surface area contributed by atoms with Gasteiger partial charge in [-0.2, -0.15) is 0 Å². The zero-order chi connectivity index (χ0) is 16.9. The van der Waals surface area contributed by atoms with Crippen molar-refractivity contribution in [3.05, 3.63) is 16.1 Å². The average molecular weight is 340 g/mol. The van der Waals surface area contributed by atoms with E-state index >= 15 is 0 Å². The summed E-state index contributed by atoms with van der Waals surface area (Å²) < 4.78 is 0. The van der Waals surface area contributed by atoms with Crippen molar-refractivity contribution in [2.45, 2.75) is 53.0 Å². The molecule has 23 heavy (non-hydrogen) atoms. The summed E-state index contributed by atoms with van der Waals surface area (Å²) in [7, 11) is 0. The molecule has 1 aliphatic heterocycles. The van der Waals surface area contributed by atoms with E-state index in [4.69, 9.17) is 0 Å². The third-order valence-electron chi connectivity index (χ3n) is 4.79. The van der Waals surface area contributed by atoms with Gasteiger partial charge in [-0.3, -0.25) is 0 Å². The number of aromatic nitrogens is 1. The van der Waals surface area contributed by atoms with E-state index in [1.165, 1.54) is 0 Å². The highest BCUT2D eigenvalue weighted by molar-refractivity contribution is 7.11. The summed E-state index contributed by atoms with van der Waals surface area (Å²) >= 11 is 1.68. The van der Waals surface area contributed by atoms with Crippen molar-refractivity contribution in [3.63, 3.8) is 0 Å². The van der Waals surface area contributed by atoms with Gasteiger partial charge in [0, 0.05) is 37.2 Å². The number of thiazole rings is 1. The Hall–Kier alpha value is -1.14. The SMILES string of the molecule is CCC1(CO)CCN(C(=O)NCc2cnc(CC(C)C)s2)CC1. The molecule has 2 amide bonds. The fourth-order valence-electron chi connectivity index (χ4n) is 2.96. The van der Waals surface area contributed by atoms with E-state index < -0.39 is 0 Å². The summed E-state index contributed by atoms with van der Waals surface area (Å²) in [6, 6.07) is -0.00791. The smallest absolute Gasteiger partial charge is 0.317 e. The van der Waals surface area contributed by atoms with Crippen molar-refractivity contribution in [2.75, 3.05) is 19.7 Å². The summed E-state index contributed by atoms with van der Waals surface area (Å²) in [6.07, 6.45) is 5.59. The average Bonchev–Trinajstić information content (AvgIpc) is 2.99. The van der Waals surface area contributed by atoms with Crippen LogP contribution in [-0.4, -0.2) is 40.7 Å². The Labute approximate surface area is 143 Å². The van der Waals surface area contributed by atoms with Crippen molar-refractivity contribution in [2.24, 2.45) is 11.3 Å². The number of hydrogen-bond donors (Lipinski definition) is 2. The molecule has 6 heteroatoms. The van der Waals surface area contributed by atoms with Gasteiger partial charge >= 0.3 is 6.03 Å². The summed E-state index contributed by atoms with van der Waals surface area (Å²) in [5.74, 6) is 0.599. The van der Waals surface area contributed by atoms with Crippen molar-refractivity contribution < 1.29 is 9.90 Å². The summed E-state index contributed by atoms with van der Waals surface area (Å²) in [5, 5.41) is 13.7. The monoisotopic (exact) mass is 339 g/mol. The zero-order valence-electron chi connectivity index (χ0n) is 14.5. The first-order chi connectivity index (χ1) is 11.0.